The first-order valence-electron chi connectivity index (χ1n) is 9.84. The first-order chi connectivity index (χ1) is 13.0. The van der Waals surface area contributed by atoms with E-state index in [1.54, 1.807) is 7.11 Å². The van der Waals surface area contributed by atoms with Gasteiger partial charge in [0.1, 0.15) is 38.5 Å². The number of benzene rings is 1. The number of imide groups is 1. The molecule has 4 N–H and O–H groups in total. The second-order valence-corrected chi connectivity index (χ2v) is 7.69. The van der Waals surface area contributed by atoms with Crippen LogP contribution in [-0.2, 0) is 11.3 Å². The minimum atomic E-state index is -0.385. The Bertz CT molecular complexity index is 596. The first kappa shape index (κ1) is 21.2. The molecule has 0 radical (unpaired) electrons. The number of urea groups is 1. The molecule has 2 rings (SSSR count). The maximum atomic E-state index is 12.0. The Hall–Kier alpha value is -2.12. The molecule has 150 valence electrons. The number of hydrogen-bond donors (Lipinski definition) is 4. The number of nitrogens with one attached hydrogen (secondary N) is 4. The molecule has 1 aromatic rings. The van der Waals surface area contributed by atoms with Crippen LogP contribution in [0.2, 0.25) is 0 Å². The zero-order valence-corrected chi connectivity index (χ0v) is 16.8. The van der Waals surface area contributed by atoms with Crippen molar-refractivity contribution in [3.63, 3.8) is 0 Å². The highest BCUT2D eigenvalue weighted by atomic mass is 16.5. The Kier molecular flexibility index (Phi) is 8.54. The summed E-state index contributed by atoms with van der Waals surface area (Å²) in [6, 6.07) is 7.82. The third kappa shape index (κ3) is 7.97. The lowest BCUT2D eigenvalue weighted by Crippen LogP contribution is -3.28. The summed E-state index contributed by atoms with van der Waals surface area (Å²) in [4.78, 5) is 26.5. The fraction of sp³-hybridized carbons (Fsp3) is 0.600. The van der Waals surface area contributed by atoms with Crippen molar-refractivity contribution in [1.29, 1.82) is 0 Å². The van der Waals surface area contributed by atoms with E-state index in [2.05, 4.69) is 36.6 Å². The van der Waals surface area contributed by atoms with Crippen molar-refractivity contribution in [2.45, 2.75) is 26.8 Å². The maximum Gasteiger partial charge on any atom is 0.321 e. The molecule has 1 fully saturated rings. The van der Waals surface area contributed by atoms with Crippen LogP contribution in [0.25, 0.3) is 0 Å². The van der Waals surface area contributed by atoms with Gasteiger partial charge in [0.25, 0.3) is 5.91 Å². The fourth-order valence-corrected chi connectivity index (χ4v) is 3.26. The average Bonchev–Trinajstić information content (AvgIpc) is 2.63. The van der Waals surface area contributed by atoms with E-state index in [0.717, 1.165) is 44.9 Å². The predicted octanol–water partition coefficient (Wildman–Crippen LogP) is -1.15. The van der Waals surface area contributed by atoms with Gasteiger partial charge in [-0.25, -0.2) is 4.79 Å². The average molecular weight is 379 g/mol. The van der Waals surface area contributed by atoms with Crippen LogP contribution in [0.15, 0.2) is 24.3 Å². The molecule has 1 aliphatic heterocycles. The SMILES string of the molecule is COc1ccc(C[NH+]2CC[NH+](CC(=O)NC(=O)NCCC(C)C)CC2)cc1. The van der Waals surface area contributed by atoms with Crippen LogP contribution in [0.1, 0.15) is 25.8 Å². The second kappa shape index (κ2) is 10.9. The Balaban J connectivity index is 1.64. The molecule has 0 aromatic heterocycles. The van der Waals surface area contributed by atoms with Gasteiger partial charge in [-0.05, 0) is 36.6 Å². The lowest BCUT2D eigenvalue weighted by atomic mass is 10.1. The third-order valence-corrected chi connectivity index (χ3v) is 4.95. The summed E-state index contributed by atoms with van der Waals surface area (Å²) in [7, 11) is 1.67. The highest BCUT2D eigenvalue weighted by Gasteiger charge is 2.25. The van der Waals surface area contributed by atoms with Crippen molar-refractivity contribution in [2.75, 3.05) is 46.4 Å². The molecule has 0 atom stereocenters. The molecule has 7 nitrogen and oxygen atoms in total. The molecule has 1 aromatic carbocycles. The second-order valence-electron chi connectivity index (χ2n) is 7.69. The molecule has 7 heteroatoms. The number of methoxy groups -OCH3 is 1. The zero-order chi connectivity index (χ0) is 19.6. The summed E-state index contributed by atoms with van der Waals surface area (Å²) >= 11 is 0. The van der Waals surface area contributed by atoms with Crippen molar-refractivity contribution >= 4 is 11.9 Å². The number of rotatable bonds is 8. The zero-order valence-electron chi connectivity index (χ0n) is 16.8. The van der Waals surface area contributed by atoms with E-state index in [1.165, 1.54) is 15.4 Å². The van der Waals surface area contributed by atoms with Gasteiger partial charge in [0.15, 0.2) is 6.54 Å². The largest absolute Gasteiger partial charge is 0.497 e. The molecule has 3 amide bonds. The van der Waals surface area contributed by atoms with Crippen LogP contribution < -0.4 is 25.2 Å². The van der Waals surface area contributed by atoms with Crippen LogP contribution in [0, 0.1) is 5.92 Å². The Morgan fingerprint density at radius 2 is 1.70 bits per heavy atom. The Labute approximate surface area is 162 Å². The molecule has 27 heavy (non-hydrogen) atoms. The fourth-order valence-electron chi connectivity index (χ4n) is 3.26. The number of carbonyl (C=O) groups is 2. The van der Waals surface area contributed by atoms with Gasteiger partial charge in [-0.2, -0.15) is 0 Å². The van der Waals surface area contributed by atoms with Gasteiger partial charge >= 0.3 is 6.03 Å². The number of ether oxygens (including phenoxy) is 1. The summed E-state index contributed by atoms with van der Waals surface area (Å²) in [6.45, 7) is 10.1. The number of piperazine rings is 1. The van der Waals surface area contributed by atoms with Gasteiger partial charge in [-0.1, -0.05) is 13.8 Å². The van der Waals surface area contributed by atoms with Crippen molar-refractivity contribution < 1.29 is 24.1 Å². The van der Waals surface area contributed by atoms with Crippen LogP contribution in [0.3, 0.4) is 0 Å². The van der Waals surface area contributed by atoms with Crippen LogP contribution in [-0.4, -0.2) is 58.3 Å². The lowest BCUT2D eigenvalue weighted by molar-refractivity contribution is -1.02. The van der Waals surface area contributed by atoms with E-state index in [0.29, 0.717) is 19.0 Å². The molecule has 0 bridgehead atoms. The normalized spacial score (nSPS) is 19.6. The minimum Gasteiger partial charge on any atom is -0.497 e. The van der Waals surface area contributed by atoms with Crippen LogP contribution >= 0.6 is 0 Å². The molecule has 1 saturated heterocycles. The monoisotopic (exact) mass is 378 g/mol. The molecule has 1 heterocycles. The quantitative estimate of drug-likeness (QED) is 0.462. The molecular formula is C20H34N4O3+2. The topological polar surface area (TPSA) is 76.3 Å². The van der Waals surface area contributed by atoms with E-state index in [9.17, 15) is 9.59 Å². The summed E-state index contributed by atoms with van der Waals surface area (Å²) in [5.74, 6) is 1.20. The van der Waals surface area contributed by atoms with E-state index < -0.39 is 0 Å². The van der Waals surface area contributed by atoms with Gasteiger partial charge in [-0.15, -0.1) is 0 Å². The minimum absolute atomic E-state index is 0.203. The Morgan fingerprint density at radius 1 is 1.07 bits per heavy atom. The van der Waals surface area contributed by atoms with Gasteiger partial charge in [-0.3, -0.25) is 10.1 Å². The van der Waals surface area contributed by atoms with Gasteiger partial charge in [0, 0.05) is 12.1 Å². The van der Waals surface area contributed by atoms with Crippen molar-refractivity contribution in [3.8, 4) is 5.75 Å². The number of hydrogen-bond acceptors (Lipinski definition) is 3. The summed E-state index contributed by atoms with van der Waals surface area (Å²) < 4.78 is 5.19. The predicted molar refractivity (Wildman–Crippen MR) is 104 cm³/mol. The highest BCUT2D eigenvalue weighted by Crippen LogP contribution is 2.10. The summed E-state index contributed by atoms with van der Waals surface area (Å²) in [5, 5.41) is 5.17. The van der Waals surface area contributed by atoms with Gasteiger partial charge < -0.3 is 19.9 Å². The molecule has 1 aliphatic rings. The van der Waals surface area contributed by atoms with E-state index in [4.69, 9.17) is 4.74 Å². The van der Waals surface area contributed by atoms with Crippen molar-refractivity contribution in [1.82, 2.24) is 10.6 Å². The highest BCUT2D eigenvalue weighted by molar-refractivity contribution is 5.94. The van der Waals surface area contributed by atoms with E-state index >= 15 is 0 Å². The molecular weight excluding hydrogens is 344 g/mol. The van der Waals surface area contributed by atoms with Crippen LogP contribution in [0.5, 0.6) is 5.75 Å². The maximum absolute atomic E-state index is 12.0. The molecule has 0 spiro atoms. The number of carbonyl (C=O) groups excluding carboxylic acids is 2. The standard InChI is InChI=1S/C20H32N4O3/c1-16(2)8-9-21-20(26)22-19(25)15-24-12-10-23(11-13-24)14-17-4-6-18(27-3)7-5-17/h4-7,16H,8-15H2,1-3H3,(H2,21,22,25,26)/p+2. The number of amides is 3. The molecule has 0 saturated carbocycles. The summed E-state index contributed by atoms with van der Waals surface area (Å²) in [6.07, 6.45) is 0.909. The van der Waals surface area contributed by atoms with Crippen molar-refractivity contribution in [2.24, 2.45) is 5.92 Å². The van der Waals surface area contributed by atoms with E-state index in [1.807, 2.05) is 12.1 Å². The smallest absolute Gasteiger partial charge is 0.321 e. The van der Waals surface area contributed by atoms with Crippen molar-refractivity contribution in [3.05, 3.63) is 29.8 Å². The van der Waals surface area contributed by atoms with Gasteiger partial charge in [0.2, 0.25) is 0 Å². The lowest BCUT2D eigenvalue weighted by Gasteiger charge is -2.29. The molecule has 0 aliphatic carbocycles. The van der Waals surface area contributed by atoms with Gasteiger partial charge in [0.05, 0.1) is 7.11 Å². The number of quaternary nitrogens is 2. The van der Waals surface area contributed by atoms with Crippen LogP contribution in [0.4, 0.5) is 4.79 Å². The first-order valence-corrected chi connectivity index (χ1v) is 9.84. The van der Waals surface area contributed by atoms with E-state index in [-0.39, 0.29) is 11.9 Å². The third-order valence-electron chi connectivity index (χ3n) is 4.95. The molecule has 0 unspecified atom stereocenters. The Morgan fingerprint density at radius 3 is 2.30 bits per heavy atom. The summed E-state index contributed by atoms with van der Waals surface area (Å²) in [5.41, 5.74) is 1.30.